The van der Waals surface area contributed by atoms with Crippen LogP contribution in [-0.4, -0.2) is 41.7 Å². The molecule has 4 aliphatic carbocycles. The molecule has 2 saturated heterocycles. The molecule has 1 N–H and O–H groups in total. The molecule has 2 heterocycles. The molecule has 4 bridgehead atoms. The normalized spacial score (nSPS) is 38.3. The van der Waals surface area contributed by atoms with Crippen LogP contribution in [0.2, 0.25) is 0 Å². The van der Waals surface area contributed by atoms with E-state index in [2.05, 4.69) is 64.4 Å². The van der Waals surface area contributed by atoms with Crippen molar-refractivity contribution in [3.8, 4) is 5.75 Å². The quantitative estimate of drug-likeness (QED) is 0.493. The van der Waals surface area contributed by atoms with E-state index in [1.807, 2.05) is 6.07 Å². The van der Waals surface area contributed by atoms with E-state index < -0.39 is 0 Å². The monoisotopic (exact) mass is 476 g/mol. The Bertz CT molecular complexity index is 1390. The molecule has 36 heavy (non-hydrogen) atoms. The van der Waals surface area contributed by atoms with Gasteiger partial charge in [0.1, 0.15) is 5.75 Å². The Morgan fingerprint density at radius 1 is 0.944 bits per heavy atom. The maximum absolute atomic E-state index is 10.7. The predicted molar refractivity (Wildman–Crippen MR) is 145 cm³/mol. The van der Waals surface area contributed by atoms with Gasteiger partial charge in [-0.3, -0.25) is 4.90 Å². The lowest BCUT2D eigenvalue weighted by molar-refractivity contribution is -0.0920. The zero-order chi connectivity index (χ0) is 23.6. The van der Waals surface area contributed by atoms with Crippen molar-refractivity contribution in [1.82, 2.24) is 4.90 Å². The Morgan fingerprint density at radius 2 is 1.83 bits per heavy atom. The molecule has 3 aromatic carbocycles. The smallest absolute Gasteiger partial charge is 0.115 e. The minimum absolute atomic E-state index is 0.233. The van der Waals surface area contributed by atoms with Crippen molar-refractivity contribution < 1.29 is 5.11 Å². The number of rotatable bonds is 3. The molecule has 3 heteroatoms. The van der Waals surface area contributed by atoms with Crippen LogP contribution in [0.1, 0.15) is 49.7 Å². The van der Waals surface area contributed by atoms with Crippen LogP contribution in [0.25, 0.3) is 10.8 Å². The van der Waals surface area contributed by atoms with Gasteiger partial charge in [0.25, 0.3) is 0 Å². The first kappa shape index (κ1) is 20.5. The van der Waals surface area contributed by atoms with Crippen molar-refractivity contribution >= 4 is 16.5 Å². The number of benzene rings is 3. The number of hydrogen-bond donors (Lipinski definition) is 1. The fourth-order valence-corrected chi connectivity index (χ4v) is 10.7. The Balaban J connectivity index is 1.21. The second-order valence-corrected chi connectivity index (χ2v) is 13.1. The van der Waals surface area contributed by atoms with Gasteiger partial charge in [-0.2, -0.15) is 0 Å². The van der Waals surface area contributed by atoms with Crippen LogP contribution in [-0.2, 0) is 11.8 Å². The van der Waals surface area contributed by atoms with Crippen molar-refractivity contribution in [3.05, 3.63) is 71.8 Å². The van der Waals surface area contributed by atoms with Crippen molar-refractivity contribution in [2.75, 3.05) is 24.5 Å². The summed E-state index contributed by atoms with van der Waals surface area (Å²) in [4.78, 5) is 5.79. The highest BCUT2D eigenvalue weighted by Gasteiger charge is 2.76. The van der Waals surface area contributed by atoms with Crippen LogP contribution in [0.15, 0.2) is 60.7 Å². The molecule has 0 amide bonds. The molecule has 5 fully saturated rings. The topological polar surface area (TPSA) is 26.7 Å². The van der Waals surface area contributed by atoms with E-state index in [1.165, 1.54) is 81.0 Å². The van der Waals surface area contributed by atoms with Crippen LogP contribution >= 0.6 is 0 Å². The van der Waals surface area contributed by atoms with Gasteiger partial charge in [-0.05, 0) is 109 Å². The number of phenolic OH excluding ortho intramolecular Hbond substituents is 1. The third-order valence-corrected chi connectivity index (χ3v) is 11.8. The summed E-state index contributed by atoms with van der Waals surface area (Å²) in [6, 6.07) is 23.6. The summed E-state index contributed by atoms with van der Waals surface area (Å²) in [7, 11) is 0. The van der Waals surface area contributed by atoms with E-state index >= 15 is 0 Å². The molecule has 0 aromatic heterocycles. The van der Waals surface area contributed by atoms with Crippen LogP contribution in [0.5, 0.6) is 5.75 Å². The summed E-state index contributed by atoms with van der Waals surface area (Å²) in [5.41, 5.74) is 5.17. The van der Waals surface area contributed by atoms with E-state index in [0.717, 1.165) is 11.8 Å². The largest absolute Gasteiger partial charge is 0.508 e. The third-order valence-electron chi connectivity index (χ3n) is 11.8. The summed E-state index contributed by atoms with van der Waals surface area (Å²) in [5, 5.41) is 13.5. The minimum atomic E-state index is 0.233. The predicted octanol–water partition coefficient (Wildman–Crippen LogP) is 6.13. The SMILES string of the molecule is Oc1ccc2c(c1)C13CCN(CC4CC4)C(C2)C12CCC1C3[C@@H](CN1c1cccc3ccccc13)C2. The minimum Gasteiger partial charge on any atom is -0.508 e. The molecule has 0 radical (unpaired) electrons. The molecule has 3 aromatic rings. The van der Waals surface area contributed by atoms with Crippen molar-refractivity contribution in [2.45, 2.75) is 62.4 Å². The van der Waals surface area contributed by atoms with Crippen LogP contribution in [0.3, 0.4) is 0 Å². The number of likely N-dealkylation sites (tertiary alicyclic amines) is 1. The first-order chi connectivity index (χ1) is 17.7. The summed E-state index contributed by atoms with van der Waals surface area (Å²) < 4.78 is 0. The van der Waals surface area contributed by atoms with Gasteiger partial charge in [0, 0.05) is 41.7 Å². The molecule has 9 rings (SSSR count). The maximum Gasteiger partial charge on any atom is 0.115 e. The average molecular weight is 477 g/mol. The number of aromatic hydroxyl groups is 1. The molecule has 6 aliphatic rings. The standard InChI is InChI=1S/C33H36N2O/c36-25-11-10-23-16-30-32-13-12-29-31(33(32,27(23)17-25)14-15-34(30)19-21-8-9-21)24(18-32)20-35(29)28-7-3-5-22-4-1-2-6-26(22)28/h1-7,10-11,17,21,24,29-31,36H,8-9,12-16,18-20H2/t24-,29?,30?,31?,32?,33?/m1/s1. The third kappa shape index (κ3) is 2.40. The lowest BCUT2D eigenvalue weighted by Crippen LogP contribution is -2.69. The summed E-state index contributed by atoms with van der Waals surface area (Å²) in [6.45, 7) is 3.79. The highest BCUT2D eigenvalue weighted by atomic mass is 16.3. The second-order valence-electron chi connectivity index (χ2n) is 13.1. The highest BCUT2D eigenvalue weighted by molar-refractivity contribution is 5.94. The van der Waals surface area contributed by atoms with E-state index in [1.54, 1.807) is 11.1 Å². The van der Waals surface area contributed by atoms with E-state index in [-0.39, 0.29) is 5.41 Å². The molecule has 3 nitrogen and oxygen atoms in total. The molecule has 6 atom stereocenters. The Hall–Kier alpha value is -2.52. The fourth-order valence-electron chi connectivity index (χ4n) is 10.7. The van der Waals surface area contributed by atoms with Gasteiger partial charge in [0.05, 0.1) is 0 Å². The second kappa shape index (κ2) is 6.86. The van der Waals surface area contributed by atoms with Crippen LogP contribution in [0.4, 0.5) is 5.69 Å². The molecule has 2 aliphatic heterocycles. The molecular formula is C33H36N2O. The summed E-state index contributed by atoms with van der Waals surface area (Å²) in [6.07, 6.45) is 9.44. The zero-order valence-corrected chi connectivity index (χ0v) is 21.1. The van der Waals surface area contributed by atoms with Gasteiger partial charge in [-0.15, -0.1) is 0 Å². The van der Waals surface area contributed by atoms with E-state index in [0.29, 0.717) is 29.2 Å². The van der Waals surface area contributed by atoms with Gasteiger partial charge in [-0.1, -0.05) is 42.5 Å². The zero-order valence-electron chi connectivity index (χ0n) is 21.1. The van der Waals surface area contributed by atoms with Crippen molar-refractivity contribution in [2.24, 2.45) is 23.2 Å². The lowest BCUT2D eigenvalue weighted by atomic mass is 9.43. The Kier molecular flexibility index (Phi) is 3.91. The number of piperidine rings is 1. The Labute approximate surface area is 214 Å². The fraction of sp³-hybridized carbons (Fsp3) is 0.515. The molecular weight excluding hydrogens is 440 g/mol. The molecule has 184 valence electrons. The van der Waals surface area contributed by atoms with Gasteiger partial charge >= 0.3 is 0 Å². The number of hydrogen-bond acceptors (Lipinski definition) is 3. The van der Waals surface area contributed by atoms with Crippen molar-refractivity contribution in [1.29, 1.82) is 0 Å². The number of anilines is 1. The number of fused-ring (bicyclic) bond motifs is 2. The number of nitrogens with zero attached hydrogens (tertiary/aromatic N) is 2. The first-order valence-electron chi connectivity index (χ1n) is 14.5. The van der Waals surface area contributed by atoms with Gasteiger partial charge in [0.2, 0.25) is 0 Å². The molecule has 5 unspecified atom stereocenters. The van der Waals surface area contributed by atoms with Crippen LogP contribution in [0, 0.1) is 23.2 Å². The van der Waals surface area contributed by atoms with Crippen LogP contribution < -0.4 is 4.90 Å². The maximum atomic E-state index is 10.7. The van der Waals surface area contributed by atoms with Crippen molar-refractivity contribution in [3.63, 3.8) is 0 Å². The average Bonchev–Trinajstić information content (AvgIpc) is 3.59. The van der Waals surface area contributed by atoms with Gasteiger partial charge < -0.3 is 10.0 Å². The number of phenols is 1. The molecule has 3 saturated carbocycles. The highest BCUT2D eigenvalue weighted by Crippen LogP contribution is 2.75. The van der Waals surface area contributed by atoms with E-state index in [4.69, 9.17) is 0 Å². The summed E-state index contributed by atoms with van der Waals surface area (Å²) >= 11 is 0. The first-order valence-corrected chi connectivity index (χ1v) is 14.5. The lowest BCUT2D eigenvalue weighted by Gasteiger charge is -2.66. The van der Waals surface area contributed by atoms with Gasteiger partial charge in [-0.25, -0.2) is 0 Å². The van der Waals surface area contributed by atoms with E-state index in [9.17, 15) is 5.11 Å². The van der Waals surface area contributed by atoms with Gasteiger partial charge in [0.15, 0.2) is 0 Å². The summed E-state index contributed by atoms with van der Waals surface area (Å²) in [5.74, 6) is 2.89. The Morgan fingerprint density at radius 3 is 2.75 bits per heavy atom. The molecule has 0 spiro atoms.